The van der Waals surface area contributed by atoms with Gasteiger partial charge in [-0.25, -0.2) is 0 Å². The number of fused-ring (bicyclic) bond motifs is 1. The number of carbonyl (C=O) groups excluding carboxylic acids is 1. The van der Waals surface area contributed by atoms with E-state index in [2.05, 4.69) is 10.1 Å². The second kappa shape index (κ2) is 4.80. The summed E-state index contributed by atoms with van der Waals surface area (Å²) in [5, 5.41) is 4.05. The maximum atomic E-state index is 12.2. The summed E-state index contributed by atoms with van der Waals surface area (Å²) in [5.41, 5.74) is 1.31. The molecule has 0 N–H and O–H groups in total. The lowest BCUT2D eigenvalue weighted by molar-refractivity contribution is 0.0969. The van der Waals surface area contributed by atoms with E-state index in [1.165, 1.54) is 0 Å². The zero-order valence-corrected chi connectivity index (χ0v) is 11.8. The Balaban J connectivity index is 1.76. The van der Waals surface area contributed by atoms with Crippen LogP contribution in [-0.4, -0.2) is 29.1 Å². The van der Waals surface area contributed by atoms with Gasteiger partial charge in [-0.3, -0.25) is 4.79 Å². The van der Waals surface area contributed by atoms with Gasteiger partial charge in [0.1, 0.15) is 11.5 Å². The first kappa shape index (κ1) is 12.8. The van der Waals surface area contributed by atoms with Gasteiger partial charge >= 0.3 is 0 Å². The number of Topliss-reactive ketones (excluding diaryl/α,β-unsaturated/α-hetero) is 1. The summed E-state index contributed by atoms with van der Waals surface area (Å²) < 4.78 is 16.5. The Bertz CT molecular complexity index is 695. The first-order valence-corrected chi connectivity index (χ1v) is 7.31. The van der Waals surface area contributed by atoms with Gasteiger partial charge in [0.25, 0.3) is 5.89 Å². The average Bonchev–Trinajstić information content (AvgIpc) is 3.16. The average molecular weight is 288 g/mol. The van der Waals surface area contributed by atoms with E-state index in [4.69, 9.17) is 13.7 Å². The Morgan fingerprint density at radius 1 is 1.24 bits per heavy atom. The van der Waals surface area contributed by atoms with Crippen LogP contribution < -0.4 is 0 Å². The van der Waals surface area contributed by atoms with Crippen molar-refractivity contribution < 1.29 is 18.5 Å². The van der Waals surface area contributed by atoms with Gasteiger partial charge in [-0.2, -0.15) is 4.98 Å². The first-order valence-electron chi connectivity index (χ1n) is 7.31. The first-order chi connectivity index (χ1) is 10.2. The summed E-state index contributed by atoms with van der Waals surface area (Å²) in [5.74, 6) is 2.75. The second-order valence-electron chi connectivity index (χ2n) is 5.63. The number of hydrogen-bond donors (Lipinski definition) is 0. The fourth-order valence-corrected chi connectivity index (χ4v) is 3.11. The van der Waals surface area contributed by atoms with E-state index in [1.54, 1.807) is 0 Å². The van der Waals surface area contributed by atoms with Crippen molar-refractivity contribution in [1.29, 1.82) is 0 Å². The topological polar surface area (TPSA) is 78.4 Å². The van der Waals surface area contributed by atoms with Crippen molar-refractivity contribution in [2.24, 2.45) is 0 Å². The molecule has 1 aliphatic carbocycles. The van der Waals surface area contributed by atoms with E-state index in [0.717, 1.165) is 31.6 Å². The van der Waals surface area contributed by atoms with Gasteiger partial charge in [0.2, 0.25) is 0 Å². The van der Waals surface area contributed by atoms with Crippen LogP contribution >= 0.6 is 0 Å². The van der Waals surface area contributed by atoms with E-state index >= 15 is 0 Å². The van der Waals surface area contributed by atoms with Crippen molar-refractivity contribution in [3.8, 4) is 11.5 Å². The predicted octanol–water partition coefficient (Wildman–Crippen LogP) is 2.66. The number of aromatic nitrogens is 2. The van der Waals surface area contributed by atoms with Crippen molar-refractivity contribution in [3.63, 3.8) is 0 Å². The molecule has 110 valence electrons. The van der Waals surface area contributed by atoms with Crippen LogP contribution in [0.2, 0.25) is 0 Å². The van der Waals surface area contributed by atoms with Crippen molar-refractivity contribution in [2.45, 2.75) is 38.5 Å². The summed E-state index contributed by atoms with van der Waals surface area (Å²) in [6.07, 6.45) is 3.09. The lowest BCUT2D eigenvalue weighted by Crippen LogP contribution is -2.09. The van der Waals surface area contributed by atoms with Crippen LogP contribution in [0.1, 0.15) is 52.9 Å². The highest BCUT2D eigenvalue weighted by atomic mass is 16.5. The van der Waals surface area contributed by atoms with Crippen LogP contribution in [0.25, 0.3) is 11.5 Å². The smallest absolute Gasteiger partial charge is 0.262 e. The molecule has 2 aromatic rings. The summed E-state index contributed by atoms with van der Waals surface area (Å²) >= 11 is 0. The Hall–Kier alpha value is -1.95. The van der Waals surface area contributed by atoms with Gasteiger partial charge in [0.15, 0.2) is 11.6 Å². The van der Waals surface area contributed by atoms with Gasteiger partial charge in [0.05, 0.1) is 17.7 Å². The molecule has 6 nitrogen and oxygen atoms in total. The molecule has 3 heterocycles. The fraction of sp³-hybridized carbons (Fsp3) is 0.533. The van der Waals surface area contributed by atoms with Crippen molar-refractivity contribution in [2.75, 3.05) is 13.2 Å². The van der Waals surface area contributed by atoms with Gasteiger partial charge in [-0.05, 0) is 19.8 Å². The molecule has 0 unspecified atom stereocenters. The Morgan fingerprint density at radius 2 is 2.14 bits per heavy atom. The molecule has 4 rings (SSSR count). The maximum Gasteiger partial charge on any atom is 0.262 e. The molecule has 1 atom stereocenters. The van der Waals surface area contributed by atoms with Crippen molar-refractivity contribution >= 4 is 5.78 Å². The van der Waals surface area contributed by atoms with Crippen LogP contribution in [0.3, 0.4) is 0 Å². The predicted molar refractivity (Wildman–Crippen MR) is 72.2 cm³/mol. The van der Waals surface area contributed by atoms with Crippen molar-refractivity contribution in [3.05, 3.63) is 22.9 Å². The third-order valence-electron chi connectivity index (χ3n) is 4.19. The Kier molecular flexibility index (Phi) is 2.92. The number of furan rings is 1. The summed E-state index contributed by atoms with van der Waals surface area (Å²) in [6, 6.07) is 0. The molecular formula is C15H16N2O4. The zero-order chi connectivity index (χ0) is 14.4. The Labute approximate surface area is 121 Å². The molecule has 0 amide bonds. The molecule has 0 saturated carbocycles. The quantitative estimate of drug-likeness (QED) is 0.845. The highest BCUT2D eigenvalue weighted by Crippen LogP contribution is 2.36. The third kappa shape index (κ3) is 2.01. The van der Waals surface area contributed by atoms with Crippen LogP contribution in [0.15, 0.2) is 8.94 Å². The fourth-order valence-electron chi connectivity index (χ4n) is 3.11. The highest BCUT2D eigenvalue weighted by molar-refractivity contribution is 6.03. The molecule has 21 heavy (non-hydrogen) atoms. The minimum atomic E-state index is 0.104. The third-order valence-corrected chi connectivity index (χ3v) is 4.19. The van der Waals surface area contributed by atoms with E-state index in [0.29, 0.717) is 41.6 Å². The van der Waals surface area contributed by atoms with E-state index in [-0.39, 0.29) is 11.7 Å². The van der Waals surface area contributed by atoms with Crippen LogP contribution in [-0.2, 0) is 11.2 Å². The number of rotatable bonds is 2. The maximum absolute atomic E-state index is 12.2. The molecule has 2 aliphatic rings. The molecule has 2 aromatic heterocycles. The number of aryl methyl sites for hydroxylation is 2. The molecule has 1 saturated heterocycles. The zero-order valence-electron chi connectivity index (χ0n) is 11.8. The number of hydrogen-bond acceptors (Lipinski definition) is 6. The monoisotopic (exact) mass is 288 g/mol. The standard InChI is InChI=1S/C15H16N2O4/c1-8-12(13-10(18)3-2-4-11(13)20-8)15-16-14(17-21-15)9-5-6-19-7-9/h9H,2-7H2,1H3/t9-/m1/s1. The molecule has 1 fully saturated rings. The SMILES string of the molecule is Cc1oc2c(c1-c1nc([C@@H]3CCOC3)no1)C(=O)CCC2. The van der Waals surface area contributed by atoms with Gasteiger partial charge in [-0.15, -0.1) is 0 Å². The van der Waals surface area contributed by atoms with Crippen LogP contribution in [0.4, 0.5) is 0 Å². The van der Waals surface area contributed by atoms with Crippen LogP contribution in [0.5, 0.6) is 0 Å². The number of ketones is 1. The van der Waals surface area contributed by atoms with Gasteiger partial charge < -0.3 is 13.7 Å². The normalized spacial score (nSPS) is 21.8. The van der Waals surface area contributed by atoms with Crippen molar-refractivity contribution in [1.82, 2.24) is 10.1 Å². The lowest BCUT2D eigenvalue weighted by Gasteiger charge is -2.08. The molecule has 0 radical (unpaired) electrons. The highest BCUT2D eigenvalue weighted by Gasteiger charge is 2.31. The van der Waals surface area contributed by atoms with E-state index in [9.17, 15) is 4.79 Å². The van der Waals surface area contributed by atoms with E-state index < -0.39 is 0 Å². The summed E-state index contributed by atoms with van der Waals surface area (Å²) in [4.78, 5) is 16.7. The number of ether oxygens (including phenoxy) is 1. The van der Waals surface area contributed by atoms with Gasteiger partial charge in [-0.1, -0.05) is 5.16 Å². The second-order valence-corrected chi connectivity index (χ2v) is 5.63. The lowest BCUT2D eigenvalue weighted by atomic mass is 9.93. The largest absolute Gasteiger partial charge is 0.465 e. The summed E-state index contributed by atoms with van der Waals surface area (Å²) in [7, 11) is 0. The molecular weight excluding hydrogens is 272 g/mol. The molecule has 0 aromatic carbocycles. The minimum absolute atomic E-state index is 0.104. The minimum Gasteiger partial charge on any atom is -0.465 e. The molecule has 1 aliphatic heterocycles. The summed E-state index contributed by atoms with van der Waals surface area (Å²) in [6.45, 7) is 3.19. The van der Waals surface area contributed by atoms with Crippen LogP contribution in [0, 0.1) is 6.92 Å². The molecule has 0 bridgehead atoms. The molecule has 0 spiro atoms. The Morgan fingerprint density at radius 3 is 2.95 bits per heavy atom. The number of nitrogens with zero attached hydrogens (tertiary/aromatic N) is 2. The van der Waals surface area contributed by atoms with E-state index in [1.807, 2.05) is 6.92 Å². The molecule has 6 heteroatoms. The number of carbonyl (C=O) groups is 1. The van der Waals surface area contributed by atoms with Gasteiger partial charge in [0, 0.05) is 25.4 Å².